The van der Waals surface area contributed by atoms with Crippen molar-refractivity contribution in [3.8, 4) is 0 Å². The number of nitrogens with zero attached hydrogens (tertiary/aromatic N) is 1. The van der Waals surface area contributed by atoms with Crippen molar-refractivity contribution in [2.24, 2.45) is 0 Å². The summed E-state index contributed by atoms with van der Waals surface area (Å²) in [6, 6.07) is 8.11. The second-order valence-electron chi connectivity index (χ2n) is 4.12. The predicted octanol–water partition coefficient (Wildman–Crippen LogP) is 2.24. The van der Waals surface area contributed by atoms with Gasteiger partial charge < -0.3 is 9.64 Å². The van der Waals surface area contributed by atoms with Gasteiger partial charge in [0.1, 0.15) is 0 Å². The highest BCUT2D eigenvalue weighted by Crippen LogP contribution is 2.13. The van der Waals surface area contributed by atoms with Crippen LogP contribution in [0.2, 0.25) is 0 Å². The number of halogens is 1. The minimum Gasteiger partial charge on any atom is -0.378 e. The number of aryl methyl sites for hydroxylation is 1. The molecule has 17 heavy (non-hydrogen) atoms. The number of carbonyl (C=O) groups is 1. The Kier molecular flexibility index (Phi) is 4.57. The molecule has 1 aliphatic rings. The number of hydrogen-bond acceptors (Lipinski definition) is 2. The molecule has 0 N–H and O–H groups in total. The first-order valence-electron chi connectivity index (χ1n) is 5.85. The van der Waals surface area contributed by atoms with Gasteiger partial charge in [0.05, 0.1) is 13.2 Å². The molecule has 2 rings (SSSR count). The molecule has 1 aromatic carbocycles. The Morgan fingerprint density at radius 2 is 2.12 bits per heavy atom. The van der Waals surface area contributed by atoms with Gasteiger partial charge in [0.15, 0.2) is 0 Å². The maximum atomic E-state index is 11.9. The van der Waals surface area contributed by atoms with Gasteiger partial charge >= 0.3 is 0 Å². The molecular formula is C13H16BrNO2. The van der Waals surface area contributed by atoms with Crippen LogP contribution in [0.25, 0.3) is 0 Å². The lowest BCUT2D eigenvalue weighted by Gasteiger charge is -2.26. The maximum Gasteiger partial charge on any atom is 0.223 e. The van der Waals surface area contributed by atoms with Crippen molar-refractivity contribution >= 4 is 21.8 Å². The second-order valence-corrected chi connectivity index (χ2v) is 5.04. The van der Waals surface area contributed by atoms with E-state index in [-0.39, 0.29) is 5.91 Å². The van der Waals surface area contributed by atoms with Gasteiger partial charge in [-0.2, -0.15) is 0 Å². The number of hydrogen-bond donors (Lipinski definition) is 0. The van der Waals surface area contributed by atoms with E-state index in [9.17, 15) is 4.79 Å². The van der Waals surface area contributed by atoms with E-state index in [2.05, 4.69) is 28.1 Å². The van der Waals surface area contributed by atoms with Gasteiger partial charge in [-0.05, 0) is 24.1 Å². The molecule has 4 heteroatoms. The summed E-state index contributed by atoms with van der Waals surface area (Å²) >= 11 is 3.43. The normalized spacial score (nSPS) is 15.9. The Balaban J connectivity index is 1.83. The van der Waals surface area contributed by atoms with Gasteiger partial charge in [-0.25, -0.2) is 0 Å². The summed E-state index contributed by atoms with van der Waals surface area (Å²) < 4.78 is 6.29. The molecule has 1 aliphatic heterocycles. The van der Waals surface area contributed by atoms with E-state index in [1.807, 2.05) is 17.0 Å². The van der Waals surface area contributed by atoms with Crippen LogP contribution in [0, 0.1) is 0 Å². The first-order chi connectivity index (χ1) is 8.25. The van der Waals surface area contributed by atoms with Crippen molar-refractivity contribution < 1.29 is 9.53 Å². The Bertz CT molecular complexity index is 389. The van der Waals surface area contributed by atoms with Crippen LogP contribution in [0.4, 0.5) is 0 Å². The van der Waals surface area contributed by atoms with Gasteiger partial charge in [-0.3, -0.25) is 4.79 Å². The molecular weight excluding hydrogens is 282 g/mol. The maximum absolute atomic E-state index is 11.9. The molecule has 0 aliphatic carbocycles. The summed E-state index contributed by atoms with van der Waals surface area (Å²) in [5, 5.41) is 0. The molecule has 1 saturated heterocycles. The zero-order valence-corrected chi connectivity index (χ0v) is 11.3. The van der Waals surface area contributed by atoms with Gasteiger partial charge in [0.25, 0.3) is 0 Å². The molecule has 0 spiro atoms. The Hall–Kier alpha value is -0.870. The third-order valence-electron chi connectivity index (χ3n) is 2.88. The minimum absolute atomic E-state index is 0.230. The van der Waals surface area contributed by atoms with E-state index < -0.39 is 0 Å². The molecule has 92 valence electrons. The number of rotatable bonds is 3. The van der Waals surface area contributed by atoms with Crippen LogP contribution in [0.5, 0.6) is 0 Å². The van der Waals surface area contributed by atoms with Crippen molar-refractivity contribution in [2.45, 2.75) is 12.8 Å². The molecule has 0 radical (unpaired) electrons. The van der Waals surface area contributed by atoms with Gasteiger partial charge in [0.2, 0.25) is 5.91 Å². The Labute approximate surface area is 110 Å². The number of amides is 1. The lowest BCUT2D eigenvalue weighted by atomic mass is 10.1. The zero-order chi connectivity index (χ0) is 12.1. The quantitative estimate of drug-likeness (QED) is 0.856. The largest absolute Gasteiger partial charge is 0.378 e. The third kappa shape index (κ3) is 3.82. The van der Waals surface area contributed by atoms with Crippen molar-refractivity contribution in [2.75, 3.05) is 26.3 Å². The van der Waals surface area contributed by atoms with E-state index in [0.717, 1.165) is 24.0 Å². The smallest absolute Gasteiger partial charge is 0.223 e. The molecule has 1 amide bonds. The average Bonchev–Trinajstić information content (AvgIpc) is 2.37. The van der Waals surface area contributed by atoms with E-state index >= 15 is 0 Å². The van der Waals surface area contributed by atoms with Crippen molar-refractivity contribution in [1.82, 2.24) is 4.90 Å². The van der Waals surface area contributed by atoms with Crippen molar-refractivity contribution in [3.05, 3.63) is 34.3 Å². The number of ether oxygens (including phenoxy) is 1. The molecule has 0 bridgehead atoms. The van der Waals surface area contributed by atoms with Gasteiger partial charge in [-0.15, -0.1) is 0 Å². The van der Waals surface area contributed by atoms with Crippen molar-refractivity contribution in [3.63, 3.8) is 0 Å². The Morgan fingerprint density at radius 1 is 1.35 bits per heavy atom. The molecule has 0 saturated carbocycles. The van der Waals surface area contributed by atoms with Crippen LogP contribution in [0.1, 0.15) is 12.0 Å². The van der Waals surface area contributed by atoms with Crippen LogP contribution in [0.15, 0.2) is 28.7 Å². The highest BCUT2D eigenvalue weighted by atomic mass is 79.9. The summed E-state index contributed by atoms with van der Waals surface area (Å²) in [7, 11) is 0. The molecule has 1 heterocycles. The molecule has 3 nitrogen and oxygen atoms in total. The lowest BCUT2D eigenvalue weighted by Crippen LogP contribution is -2.40. The monoisotopic (exact) mass is 297 g/mol. The highest BCUT2D eigenvalue weighted by molar-refractivity contribution is 9.10. The van der Waals surface area contributed by atoms with E-state index in [4.69, 9.17) is 4.74 Å². The Morgan fingerprint density at radius 3 is 2.82 bits per heavy atom. The molecule has 1 aromatic rings. The second kappa shape index (κ2) is 6.17. The highest BCUT2D eigenvalue weighted by Gasteiger charge is 2.16. The minimum atomic E-state index is 0.230. The molecule has 0 aromatic heterocycles. The summed E-state index contributed by atoms with van der Waals surface area (Å²) in [6.45, 7) is 2.81. The van der Waals surface area contributed by atoms with Gasteiger partial charge in [-0.1, -0.05) is 28.1 Å². The standard InChI is InChI=1S/C13H16BrNO2/c14-12-3-1-2-11(10-12)4-5-13(16)15-6-8-17-9-7-15/h1-3,10H,4-9H2. The van der Waals surface area contributed by atoms with Crippen LogP contribution in [-0.4, -0.2) is 37.1 Å². The van der Waals surface area contributed by atoms with E-state index in [0.29, 0.717) is 19.6 Å². The molecule has 0 atom stereocenters. The predicted molar refractivity (Wildman–Crippen MR) is 69.9 cm³/mol. The first-order valence-corrected chi connectivity index (χ1v) is 6.65. The number of morpholine rings is 1. The summed E-state index contributed by atoms with van der Waals surface area (Å²) in [5.74, 6) is 0.230. The summed E-state index contributed by atoms with van der Waals surface area (Å²) in [4.78, 5) is 13.8. The lowest BCUT2D eigenvalue weighted by molar-refractivity contribution is -0.135. The third-order valence-corrected chi connectivity index (χ3v) is 3.37. The van der Waals surface area contributed by atoms with E-state index in [1.54, 1.807) is 0 Å². The van der Waals surface area contributed by atoms with Crippen LogP contribution in [0.3, 0.4) is 0 Å². The average molecular weight is 298 g/mol. The fourth-order valence-electron chi connectivity index (χ4n) is 1.91. The van der Waals surface area contributed by atoms with Crippen molar-refractivity contribution in [1.29, 1.82) is 0 Å². The summed E-state index contributed by atoms with van der Waals surface area (Å²) in [5.41, 5.74) is 1.20. The van der Waals surface area contributed by atoms with Gasteiger partial charge in [0, 0.05) is 24.0 Å². The zero-order valence-electron chi connectivity index (χ0n) is 9.69. The molecule has 1 fully saturated rings. The topological polar surface area (TPSA) is 29.5 Å². The summed E-state index contributed by atoms with van der Waals surface area (Å²) in [6.07, 6.45) is 1.38. The van der Waals surface area contributed by atoms with Crippen LogP contribution in [-0.2, 0) is 16.0 Å². The SMILES string of the molecule is O=C(CCc1cccc(Br)c1)N1CCOCC1. The molecule has 0 unspecified atom stereocenters. The van der Waals surface area contributed by atoms with Crippen LogP contribution >= 0.6 is 15.9 Å². The van der Waals surface area contributed by atoms with Crippen LogP contribution < -0.4 is 0 Å². The van der Waals surface area contributed by atoms with E-state index in [1.165, 1.54) is 5.56 Å². The first kappa shape index (κ1) is 12.6. The number of carbonyl (C=O) groups excluding carboxylic acids is 1. The fraction of sp³-hybridized carbons (Fsp3) is 0.462. The fourth-order valence-corrected chi connectivity index (χ4v) is 2.36. The number of benzene rings is 1.